The smallest absolute Gasteiger partial charge is 0.220 e. The Labute approximate surface area is 126 Å². The van der Waals surface area contributed by atoms with E-state index in [1.165, 1.54) is 12.0 Å². The van der Waals surface area contributed by atoms with Crippen LogP contribution in [0.1, 0.15) is 37.2 Å². The Morgan fingerprint density at radius 3 is 3.10 bits per heavy atom. The second-order valence-corrected chi connectivity index (χ2v) is 6.07. The molecule has 0 bridgehead atoms. The van der Waals surface area contributed by atoms with Crippen LogP contribution in [0.25, 0.3) is 0 Å². The van der Waals surface area contributed by atoms with E-state index in [9.17, 15) is 4.79 Å². The van der Waals surface area contributed by atoms with Crippen molar-refractivity contribution < 1.29 is 9.53 Å². The van der Waals surface area contributed by atoms with Gasteiger partial charge in [-0.1, -0.05) is 18.2 Å². The molecule has 0 saturated carbocycles. The molecule has 2 unspecified atom stereocenters. The highest BCUT2D eigenvalue weighted by Crippen LogP contribution is 2.32. The maximum Gasteiger partial charge on any atom is 0.220 e. The molecule has 0 aromatic heterocycles. The molecule has 0 spiro atoms. The molecular weight excluding hydrogens is 264 g/mol. The average molecular weight is 288 g/mol. The Kier molecular flexibility index (Phi) is 4.76. The second kappa shape index (κ2) is 6.94. The lowest BCUT2D eigenvalue weighted by molar-refractivity contribution is -0.121. The van der Waals surface area contributed by atoms with E-state index in [4.69, 9.17) is 4.74 Å². The first kappa shape index (κ1) is 14.4. The van der Waals surface area contributed by atoms with Gasteiger partial charge in [0.05, 0.1) is 6.61 Å². The van der Waals surface area contributed by atoms with E-state index >= 15 is 0 Å². The first-order valence-electron chi connectivity index (χ1n) is 8.02. The van der Waals surface area contributed by atoms with Crippen LogP contribution in [0.3, 0.4) is 0 Å². The molecule has 1 aromatic carbocycles. The average Bonchev–Trinajstić information content (AvgIpc) is 3.04. The van der Waals surface area contributed by atoms with E-state index < -0.39 is 0 Å². The van der Waals surface area contributed by atoms with Crippen molar-refractivity contribution in [3.8, 4) is 5.75 Å². The van der Waals surface area contributed by atoms with Gasteiger partial charge in [0, 0.05) is 18.9 Å². The van der Waals surface area contributed by atoms with Crippen molar-refractivity contribution in [3.63, 3.8) is 0 Å². The maximum atomic E-state index is 12.0. The Balaban J connectivity index is 1.45. The predicted molar refractivity (Wildman–Crippen MR) is 82.5 cm³/mol. The van der Waals surface area contributed by atoms with Crippen molar-refractivity contribution in [1.82, 2.24) is 10.6 Å². The molecule has 1 amide bonds. The topological polar surface area (TPSA) is 50.4 Å². The summed E-state index contributed by atoms with van der Waals surface area (Å²) in [5.41, 5.74) is 1.23. The zero-order chi connectivity index (χ0) is 14.5. The third-order valence-corrected chi connectivity index (χ3v) is 4.57. The minimum absolute atomic E-state index is 0.186. The van der Waals surface area contributed by atoms with Gasteiger partial charge in [0.2, 0.25) is 5.91 Å². The highest BCUT2D eigenvalue weighted by Gasteiger charge is 2.22. The SMILES string of the molecule is O=C(CCC1CCNC1)NCC1CCOc2ccccc21. The maximum absolute atomic E-state index is 12.0. The molecule has 0 aliphatic carbocycles. The third kappa shape index (κ3) is 3.76. The highest BCUT2D eigenvalue weighted by atomic mass is 16.5. The molecule has 3 rings (SSSR count). The zero-order valence-electron chi connectivity index (χ0n) is 12.4. The first-order chi connectivity index (χ1) is 10.3. The van der Waals surface area contributed by atoms with E-state index in [-0.39, 0.29) is 5.91 Å². The fourth-order valence-corrected chi connectivity index (χ4v) is 3.25. The van der Waals surface area contributed by atoms with Crippen LogP contribution in [0.5, 0.6) is 5.75 Å². The monoisotopic (exact) mass is 288 g/mol. The van der Waals surface area contributed by atoms with Gasteiger partial charge in [-0.05, 0) is 49.9 Å². The molecule has 21 heavy (non-hydrogen) atoms. The van der Waals surface area contributed by atoms with Gasteiger partial charge < -0.3 is 15.4 Å². The Morgan fingerprint density at radius 1 is 1.33 bits per heavy atom. The minimum atomic E-state index is 0.186. The van der Waals surface area contributed by atoms with Crippen LogP contribution >= 0.6 is 0 Å². The van der Waals surface area contributed by atoms with E-state index in [1.807, 2.05) is 18.2 Å². The molecular formula is C17H24N2O2. The summed E-state index contributed by atoms with van der Waals surface area (Å²) in [5, 5.41) is 6.45. The summed E-state index contributed by atoms with van der Waals surface area (Å²) in [6.07, 6.45) is 3.84. The molecule has 114 valence electrons. The van der Waals surface area contributed by atoms with Crippen LogP contribution in [0.2, 0.25) is 0 Å². The molecule has 4 heteroatoms. The summed E-state index contributed by atoms with van der Waals surface area (Å²) in [4.78, 5) is 12.0. The Bertz CT molecular complexity index is 483. The lowest BCUT2D eigenvalue weighted by Crippen LogP contribution is -2.31. The number of benzene rings is 1. The van der Waals surface area contributed by atoms with E-state index in [1.54, 1.807) is 0 Å². The van der Waals surface area contributed by atoms with Gasteiger partial charge in [-0.2, -0.15) is 0 Å². The third-order valence-electron chi connectivity index (χ3n) is 4.57. The van der Waals surface area contributed by atoms with Crippen LogP contribution in [0.15, 0.2) is 24.3 Å². The fourth-order valence-electron chi connectivity index (χ4n) is 3.25. The Morgan fingerprint density at radius 2 is 2.24 bits per heavy atom. The fraction of sp³-hybridized carbons (Fsp3) is 0.588. The number of ether oxygens (including phenoxy) is 1. The summed E-state index contributed by atoms with van der Waals surface area (Å²) in [6.45, 7) is 3.64. The van der Waals surface area contributed by atoms with Crippen LogP contribution in [-0.2, 0) is 4.79 Å². The molecule has 2 aliphatic rings. The van der Waals surface area contributed by atoms with Crippen LogP contribution < -0.4 is 15.4 Å². The first-order valence-corrected chi connectivity index (χ1v) is 8.02. The summed E-state index contributed by atoms with van der Waals surface area (Å²) < 4.78 is 5.66. The summed E-state index contributed by atoms with van der Waals surface area (Å²) >= 11 is 0. The van der Waals surface area contributed by atoms with Crippen molar-refractivity contribution in [3.05, 3.63) is 29.8 Å². The highest BCUT2D eigenvalue weighted by molar-refractivity contribution is 5.75. The van der Waals surface area contributed by atoms with E-state index in [0.717, 1.165) is 44.8 Å². The number of nitrogens with one attached hydrogen (secondary N) is 2. The van der Waals surface area contributed by atoms with Gasteiger partial charge in [0.1, 0.15) is 5.75 Å². The van der Waals surface area contributed by atoms with Crippen molar-refractivity contribution in [2.75, 3.05) is 26.2 Å². The van der Waals surface area contributed by atoms with Crippen LogP contribution in [0.4, 0.5) is 0 Å². The molecule has 1 fully saturated rings. The largest absolute Gasteiger partial charge is 0.493 e. The Hall–Kier alpha value is -1.55. The van der Waals surface area contributed by atoms with Crippen molar-refractivity contribution >= 4 is 5.91 Å². The summed E-state index contributed by atoms with van der Waals surface area (Å²) in [7, 11) is 0. The van der Waals surface area contributed by atoms with Gasteiger partial charge >= 0.3 is 0 Å². The zero-order valence-corrected chi connectivity index (χ0v) is 12.4. The van der Waals surface area contributed by atoms with Crippen LogP contribution in [0, 0.1) is 5.92 Å². The molecule has 0 radical (unpaired) electrons. The number of carbonyl (C=O) groups excluding carboxylic acids is 1. The lowest BCUT2D eigenvalue weighted by atomic mass is 9.93. The van der Waals surface area contributed by atoms with Crippen molar-refractivity contribution in [2.24, 2.45) is 5.92 Å². The molecule has 2 N–H and O–H groups in total. The van der Waals surface area contributed by atoms with Gasteiger partial charge in [-0.3, -0.25) is 4.79 Å². The van der Waals surface area contributed by atoms with Crippen LogP contribution in [-0.4, -0.2) is 32.1 Å². The number of rotatable bonds is 5. The quantitative estimate of drug-likeness (QED) is 0.872. The predicted octanol–water partition coefficient (Wildman–Crippen LogP) is 2.06. The molecule has 1 aromatic rings. The standard InChI is InChI=1S/C17H24N2O2/c20-17(6-5-13-7-9-18-11-13)19-12-14-8-10-21-16-4-2-1-3-15(14)16/h1-4,13-14,18H,5-12H2,(H,19,20). The van der Waals surface area contributed by atoms with Gasteiger partial charge in [-0.25, -0.2) is 0 Å². The van der Waals surface area contributed by atoms with Gasteiger partial charge in [-0.15, -0.1) is 0 Å². The molecule has 2 aliphatic heterocycles. The van der Waals surface area contributed by atoms with Gasteiger partial charge in [0.15, 0.2) is 0 Å². The van der Waals surface area contributed by atoms with Crippen molar-refractivity contribution in [1.29, 1.82) is 0 Å². The van der Waals surface area contributed by atoms with E-state index in [0.29, 0.717) is 18.3 Å². The summed E-state index contributed by atoms with van der Waals surface area (Å²) in [6, 6.07) is 8.15. The molecule has 4 nitrogen and oxygen atoms in total. The molecule has 2 heterocycles. The van der Waals surface area contributed by atoms with Crippen molar-refractivity contribution in [2.45, 2.75) is 31.6 Å². The summed E-state index contributed by atoms with van der Waals surface area (Å²) in [5.74, 6) is 2.22. The normalized spacial score (nSPS) is 24.2. The number of hydrogen-bond acceptors (Lipinski definition) is 3. The molecule has 1 saturated heterocycles. The number of fused-ring (bicyclic) bond motifs is 1. The second-order valence-electron chi connectivity index (χ2n) is 6.07. The molecule has 2 atom stereocenters. The van der Waals surface area contributed by atoms with E-state index in [2.05, 4.69) is 16.7 Å². The number of carbonyl (C=O) groups is 1. The number of amides is 1. The van der Waals surface area contributed by atoms with Gasteiger partial charge in [0.25, 0.3) is 0 Å². The lowest BCUT2D eigenvalue weighted by Gasteiger charge is -2.26. The number of para-hydroxylation sites is 1. The number of hydrogen-bond donors (Lipinski definition) is 2. The minimum Gasteiger partial charge on any atom is -0.493 e.